The summed E-state index contributed by atoms with van der Waals surface area (Å²) in [7, 11) is 0. The molecule has 0 aliphatic rings. The summed E-state index contributed by atoms with van der Waals surface area (Å²) in [6.45, 7) is -1.44. The van der Waals surface area contributed by atoms with Crippen molar-refractivity contribution in [2.24, 2.45) is 0 Å². The minimum Gasteiger partial charge on any atom is -0.507 e. The number of aromatic hydroxyl groups is 2. The first-order valence-electron chi connectivity index (χ1n) is 9.69. The molecule has 0 spiro atoms. The quantitative estimate of drug-likeness (QED) is 0.339. The van der Waals surface area contributed by atoms with Gasteiger partial charge < -0.3 is 30.6 Å². The van der Waals surface area contributed by atoms with Gasteiger partial charge in [-0.3, -0.25) is 0 Å². The summed E-state index contributed by atoms with van der Waals surface area (Å²) in [5.74, 6) is -0.426. The number of phenols is 2. The lowest BCUT2D eigenvalue weighted by Gasteiger charge is -2.22. The molecule has 6 nitrogen and oxygen atoms in total. The Bertz CT molecular complexity index is 950. The van der Waals surface area contributed by atoms with Crippen molar-refractivity contribution in [1.29, 1.82) is 0 Å². The van der Waals surface area contributed by atoms with Crippen LogP contribution in [0.1, 0.15) is 44.9 Å². The molecule has 0 radical (unpaired) electrons. The second kappa shape index (κ2) is 9.73. The minimum atomic E-state index is -0.364. The third-order valence-corrected chi connectivity index (χ3v) is 5.34. The van der Waals surface area contributed by atoms with Crippen LogP contribution in [0.5, 0.6) is 11.5 Å². The summed E-state index contributed by atoms with van der Waals surface area (Å²) < 4.78 is 0. The summed E-state index contributed by atoms with van der Waals surface area (Å²) in [5.41, 5.74) is 3.92. The number of benzene rings is 3. The molecule has 3 aromatic carbocycles. The molecule has 0 aliphatic carbocycles. The highest BCUT2D eigenvalue weighted by atomic mass is 16.3. The molecule has 0 amide bonds. The van der Waals surface area contributed by atoms with Gasteiger partial charge in [0.15, 0.2) is 0 Å². The van der Waals surface area contributed by atoms with Gasteiger partial charge in [0.1, 0.15) is 11.5 Å². The predicted molar refractivity (Wildman–Crippen MR) is 112 cm³/mol. The topological polar surface area (TPSA) is 121 Å². The average molecular weight is 410 g/mol. The Morgan fingerprint density at radius 1 is 0.567 bits per heavy atom. The molecule has 1 unspecified atom stereocenters. The molecule has 30 heavy (non-hydrogen) atoms. The molecular weight excluding hydrogens is 384 g/mol. The van der Waals surface area contributed by atoms with Crippen LogP contribution >= 0.6 is 0 Å². The number of hydrogen-bond acceptors (Lipinski definition) is 6. The van der Waals surface area contributed by atoms with Gasteiger partial charge in [0.25, 0.3) is 0 Å². The van der Waals surface area contributed by atoms with Gasteiger partial charge in [-0.1, -0.05) is 30.3 Å². The highest BCUT2D eigenvalue weighted by Crippen LogP contribution is 2.35. The van der Waals surface area contributed by atoms with E-state index in [1.54, 1.807) is 24.3 Å². The van der Waals surface area contributed by atoms with E-state index in [0.29, 0.717) is 28.7 Å². The third kappa shape index (κ3) is 4.47. The van der Waals surface area contributed by atoms with Crippen LogP contribution in [-0.2, 0) is 32.8 Å². The Labute approximate surface area is 175 Å². The van der Waals surface area contributed by atoms with Gasteiger partial charge in [-0.25, -0.2) is 0 Å². The Balaban J connectivity index is 2.13. The molecule has 0 heterocycles. The van der Waals surface area contributed by atoms with Crippen molar-refractivity contribution < 1.29 is 30.6 Å². The standard InChI is InChI=1S/C24H26O6/c25-11-18-6-15(7-19(12-26)23(18)29)8-22(16-4-2-1-3-5-16)17-9-20(13-27)24(30)21(10-17)14-28/h1-7,9-10,22,25-30H,8,11-14H2. The van der Waals surface area contributed by atoms with Gasteiger partial charge >= 0.3 is 0 Å². The van der Waals surface area contributed by atoms with Crippen LogP contribution in [0.2, 0.25) is 0 Å². The predicted octanol–water partition coefficient (Wildman–Crippen LogP) is 2.44. The lowest BCUT2D eigenvalue weighted by molar-refractivity contribution is 0.262. The van der Waals surface area contributed by atoms with Crippen LogP contribution in [0.15, 0.2) is 54.6 Å². The molecule has 1 atom stereocenters. The zero-order valence-electron chi connectivity index (χ0n) is 16.5. The van der Waals surface area contributed by atoms with E-state index in [1.807, 2.05) is 30.3 Å². The highest BCUT2D eigenvalue weighted by Gasteiger charge is 2.20. The number of aliphatic hydroxyl groups is 4. The first-order chi connectivity index (χ1) is 14.5. The maximum absolute atomic E-state index is 10.2. The molecule has 0 saturated carbocycles. The van der Waals surface area contributed by atoms with Gasteiger partial charge in [-0.2, -0.15) is 0 Å². The van der Waals surface area contributed by atoms with Gasteiger partial charge in [-0.15, -0.1) is 0 Å². The second-order valence-corrected chi connectivity index (χ2v) is 7.25. The molecule has 0 saturated heterocycles. The van der Waals surface area contributed by atoms with Gasteiger partial charge in [0.2, 0.25) is 0 Å². The van der Waals surface area contributed by atoms with E-state index in [2.05, 4.69) is 0 Å². The Morgan fingerprint density at radius 3 is 1.43 bits per heavy atom. The summed E-state index contributed by atoms with van der Waals surface area (Å²) in [6, 6.07) is 16.5. The van der Waals surface area contributed by atoms with Crippen LogP contribution in [0.4, 0.5) is 0 Å². The molecule has 3 aromatic rings. The Hall–Kier alpha value is -2.90. The first kappa shape index (κ1) is 21.8. The monoisotopic (exact) mass is 410 g/mol. The van der Waals surface area contributed by atoms with E-state index in [1.165, 1.54) is 0 Å². The smallest absolute Gasteiger partial charge is 0.126 e. The second-order valence-electron chi connectivity index (χ2n) is 7.25. The molecule has 158 valence electrons. The summed E-state index contributed by atoms with van der Waals surface area (Å²) in [5, 5.41) is 58.8. The lowest BCUT2D eigenvalue weighted by Crippen LogP contribution is -2.08. The SMILES string of the molecule is OCc1cc(CC(c2ccccc2)c2cc(CO)c(O)c(CO)c2)cc(CO)c1O. The fourth-order valence-electron chi connectivity index (χ4n) is 3.77. The molecule has 6 heteroatoms. The van der Waals surface area contributed by atoms with Gasteiger partial charge in [0, 0.05) is 28.2 Å². The largest absolute Gasteiger partial charge is 0.507 e. The van der Waals surface area contributed by atoms with Crippen molar-refractivity contribution in [2.45, 2.75) is 38.8 Å². The maximum Gasteiger partial charge on any atom is 0.126 e. The minimum absolute atomic E-state index is 0.116. The fraction of sp³-hybridized carbons (Fsp3) is 0.250. The summed E-state index contributed by atoms with van der Waals surface area (Å²) in [4.78, 5) is 0. The Kier molecular flexibility index (Phi) is 7.07. The highest BCUT2D eigenvalue weighted by molar-refractivity contribution is 5.48. The summed E-state index contributed by atoms with van der Waals surface area (Å²) >= 11 is 0. The molecule has 0 aliphatic heterocycles. The number of hydrogen-bond donors (Lipinski definition) is 6. The number of aliphatic hydroxyl groups excluding tert-OH is 4. The van der Waals surface area contributed by atoms with Crippen molar-refractivity contribution in [1.82, 2.24) is 0 Å². The Morgan fingerprint density at radius 2 is 1.00 bits per heavy atom. The lowest BCUT2D eigenvalue weighted by atomic mass is 9.83. The average Bonchev–Trinajstić information content (AvgIpc) is 2.79. The van der Waals surface area contributed by atoms with Crippen LogP contribution in [0, 0.1) is 0 Å². The van der Waals surface area contributed by atoms with E-state index in [9.17, 15) is 30.6 Å². The van der Waals surface area contributed by atoms with Crippen molar-refractivity contribution in [3.8, 4) is 11.5 Å². The van der Waals surface area contributed by atoms with Gasteiger partial charge in [-0.05, 0) is 47.4 Å². The molecule has 0 fully saturated rings. The van der Waals surface area contributed by atoms with Crippen LogP contribution in [0.25, 0.3) is 0 Å². The normalized spacial score (nSPS) is 12.1. The van der Waals surface area contributed by atoms with Crippen LogP contribution in [0.3, 0.4) is 0 Å². The van der Waals surface area contributed by atoms with E-state index < -0.39 is 0 Å². The van der Waals surface area contributed by atoms with E-state index in [4.69, 9.17) is 0 Å². The van der Waals surface area contributed by atoms with E-state index in [-0.39, 0.29) is 43.8 Å². The molecular formula is C24H26O6. The van der Waals surface area contributed by atoms with Crippen molar-refractivity contribution in [3.63, 3.8) is 0 Å². The third-order valence-electron chi connectivity index (χ3n) is 5.34. The summed E-state index contributed by atoms with van der Waals surface area (Å²) in [6.07, 6.45) is 0.477. The molecule has 0 bridgehead atoms. The zero-order valence-corrected chi connectivity index (χ0v) is 16.5. The van der Waals surface area contributed by atoms with Crippen LogP contribution < -0.4 is 0 Å². The fourth-order valence-corrected chi connectivity index (χ4v) is 3.77. The zero-order chi connectivity index (χ0) is 21.7. The molecule has 0 aromatic heterocycles. The van der Waals surface area contributed by atoms with Gasteiger partial charge in [0.05, 0.1) is 26.4 Å². The van der Waals surface area contributed by atoms with Crippen molar-refractivity contribution in [2.75, 3.05) is 0 Å². The van der Waals surface area contributed by atoms with E-state index in [0.717, 1.165) is 16.7 Å². The van der Waals surface area contributed by atoms with Crippen molar-refractivity contribution in [3.05, 3.63) is 93.5 Å². The molecule has 3 rings (SSSR count). The first-order valence-corrected chi connectivity index (χ1v) is 9.69. The molecule has 6 N–H and O–H groups in total. The van der Waals surface area contributed by atoms with Crippen LogP contribution in [-0.4, -0.2) is 30.6 Å². The maximum atomic E-state index is 10.2. The van der Waals surface area contributed by atoms with E-state index >= 15 is 0 Å². The van der Waals surface area contributed by atoms with Crippen molar-refractivity contribution >= 4 is 0 Å². The number of rotatable bonds is 8.